The van der Waals surface area contributed by atoms with Gasteiger partial charge in [-0.2, -0.15) is 36.4 Å². The Kier molecular flexibility index (Phi) is 0.913. The molecule has 1 aromatic carbocycles. The van der Waals surface area contributed by atoms with E-state index in [4.69, 9.17) is 0 Å². The van der Waals surface area contributed by atoms with Crippen LogP contribution in [-0.2, 0) is 0 Å². The number of benzene rings is 1. The van der Waals surface area contributed by atoms with Crippen molar-refractivity contribution in [2.45, 2.75) is 0 Å². The normalized spacial score (nSPS) is 8.00. The molecule has 0 fully saturated rings. The molecule has 0 atom stereocenters. The molecule has 0 amide bonds. The third-order valence-electron chi connectivity index (χ3n) is 0.552. The highest BCUT2D eigenvalue weighted by Crippen LogP contribution is 1.77. The van der Waals surface area contributed by atoms with Crippen LogP contribution in [0.4, 0.5) is 0 Å². The van der Waals surface area contributed by atoms with E-state index in [1.807, 2.05) is 24.3 Å². The van der Waals surface area contributed by atoms with Crippen LogP contribution in [0.5, 0.6) is 0 Å². The summed E-state index contributed by atoms with van der Waals surface area (Å²) in [6.07, 6.45) is 0. The summed E-state index contributed by atoms with van der Waals surface area (Å²) in [5, 5.41) is 0. The second-order valence-electron chi connectivity index (χ2n) is 1.00. The molecule has 1 aromatic rings. The minimum absolute atomic E-state index is 1.82. The maximum absolute atomic E-state index is 2.86. The monoisotopic (exact) mass is 76.0 g/mol. The lowest BCUT2D eigenvalue weighted by Gasteiger charge is -1.80. The van der Waals surface area contributed by atoms with Gasteiger partial charge in [0.1, 0.15) is 0 Å². The first-order valence-corrected chi connectivity index (χ1v) is 1.82. The van der Waals surface area contributed by atoms with E-state index in [9.17, 15) is 0 Å². The van der Waals surface area contributed by atoms with Crippen molar-refractivity contribution in [2.24, 2.45) is 0 Å². The van der Waals surface area contributed by atoms with Crippen molar-refractivity contribution in [3.8, 4) is 0 Å². The second kappa shape index (κ2) is 1.61. The van der Waals surface area contributed by atoms with Gasteiger partial charge in [0.25, 0.3) is 0 Å². The Hall–Kier alpha value is -0.780. The van der Waals surface area contributed by atoms with Gasteiger partial charge in [0.15, 0.2) is 0 Å². The van der Waals surface area contributed by atoms with E-state index in [0.717, 1.165) is 0 Å². The summed E-state index contributed by atoms with van der Waals surface area (Å²) in [7, 11) is 0. The molecule has 0 aliphatic carbocycles. The Labute approximate surface area is 37.4 Å². The van der Waals surface area contributed by atoms with Crippen LogP contribution in [0.3, 0.4) is 0 Å². The quantitative estimate of drug-likeness (QED) is 0.408. The molecule has 0 unspecified atom stereocenters. The fraction of sp³-hybridized carbons (Fsp3) is 0. The minimum atomic E-state index is 1.82. The lowest BCUT2D eigenvalue weighted by molar-refractivity contribution is 1.68. The highest BCUT2D eigenvalue weighted by Gasteiger charge is 1.47. The predicted molar refractivity (Wildman–Crippen MR) is 24.1 cm³/mol. The third kappa shape index (κ3) is 0.582. The molecule has 6 heavy (non-hydrogen) atoms. The average molecular weight is 76.1 g/mol. The fourth-order valence-electron chi connectivity index (χ4n) is 0.304. The van der Waals surface area contributed by atoms with Crippen LogP contribution in [0.1, 0.15) is 0 Å². The minimum Gasteiger partial charge on any atom is -0.184 e. The summed E-state index contributed by atoms with van der Waals surface area (Å²) < 4.78 is 0. The Balaban J connectivity index is 3.00. The summed E-state index contributed by atoms with van der Waals surface area (Å²) in [5.74, 6) is 0. The molecule has 0 aliphatic heterocycles. The Morgan fingerprint density at radius 2 is 1.83 bits per heavy atom. The van der Waals surface area contributed by atoms with Gasteiger partial charge in [0.2, 0.25) is 0 Å². The lowest BCUT2D eigenvalue weighted by Crippen LogP contribution is -1.50. The van der Waals surface area contributed by atoms with E-state index in [0.29, 0.717) is 0 Å². The van der Waals surface area contributed by atoms with Crippen LogP contribution in [-0.4, -0.2) is 0 Å². The summed E-state index contributed by atoms with van der Waals surface area (Å²) in [4.78, 5) is 0. The zero-order valence-electron chi connectivity index (χ0n) is 3.31. The lowest BCUT2D eigenvalue weighted by atomic mass is 10.4. The predicted octanol–water partition coefficient (Wildman–Crippen LogP) is 1.29. The number of hydrogen-bond acceptors (Lipinski definition) is 0. The second-order valence-corrected chi connectivity index (χ2v) is 1.00. The summed E-state index contributed by atoms with van der Waals surface area (Å²) in [6, 6.07) is 13.0. The van der Waals surface area contributed by atoms with Gasteiger partial charge in [-0.25, -0.2) is 0 Å². The van der Waals surface area contributed by atoms with E-state index in [1.54, 1.807) is 0 Å². The molecule has 29 valence electrons. The van der Waals surface area contributed by atoms with Crippen molar-refractivity contribution >= 4 is 0 Å². The highest BCUT2D eigenvalue weighted by atomic mass is 13.6. The van der Waals surface area contributed by atoms with Gasteiger partial charge in [-0.3, -0.25) is 0 Å². The Morgan fingerprint density at radius 3 is 2.00 bits per heavy atom. The van der Waals surface area contributed by atoms with Gasteiger partial charge in [-0.15, -0.1) is 0 Å². The third-order valence-corrected chi connectivity index (χ3v) is 0.552. The van der Waals surface area contributed by atoms with Gasteiger partial charge >= 0.3 is 0 Å². The molecule has 0 heteroatoms. The Morgan fingerprint density at radius 1 is 1.17 bits per heavy atom. The van der Waals surface area contributed by atoms with Crippen molar-refractivity contribution in [2.75, 3.05) is 0 Å². The van der Waals surface area contributed by atoms with Gasteiger partial charge in [0, 0.05) is 0 Å². The standard InChI is InChI=1S/C6H4/c1-2-4-6-5-3-1/h1-2,5-6H/q-1. The molecule has 0 heterocycles. The van der Waals surface area contributed by atoms with Crippen LogP contribution in [0.25, 0.3) is 0 Å². The molecule has 0 bridgehead atoms. The number of hydrogen-bond donors (Lipinski definition) is 0. The smallest absolute Gasteiger partial charge is 0.152 e. The van der Waals surface area contributed by atoms with Gasteiger partial charge in [-0.05, 0) is 0 Å². The molecule has 0 aromatic heterocycles. The van der Waals surface area contributed by atoms with Crippen LogP contribution in [0, 0.1) is 12.1 Å². The van der Waals surface area contributed by atoms with Crippen molar-refractivity contribution < 1.29 is 0 Å². The van der Waals surface area contributed by atoms with Crippen molar-refractivity contribution in [3.05, 3.63) is 36.4 Å². The van der Waals surface area contributed by atoms with E-state index >= 15 is 0 Å². The van der Waals surface area contributed by atoms with Crippen LogP contribution < -0.4 is 0 Å². The van der Waals surface area contributed by atoms with Crippen LogP contribution in [0.15, 0.2) is 24.3 Å². The molecule has 0 N–H and O–H groups in total. The van der Waals surface area contributed by atoms with E-state index in [2.05, 4.69) is 12.1 Å². The average Bonchev–Trinajstić information content (AvgIpc) is 1.72. The van der Waals surface area contributed by atoms with Crippen molar-refractivity contribution in [1.82, 2.24) is 0 Å². The van der Waals surface area contributed by atoms with Crippen LogP contribution >= 0.6 is 0 Å². The topological polar surface area (TPSA) is 0 Å². The SMILES string of the molecule is [c]1cc[c-]cc1. The zero-order chi connectivity index (χ0) is 4.24. The fourth-order valence-corrected chi connectivity index (χ4v) is 0.304. The van der Waals surface area contributed by atoms with E-state index in [1.165, 1.54) is 0 Å². The largest absolute Gasteiger partial charge is 0.184 e. The van der Waals surface area contributed by atoms with Crippen LogP contribution in [0.2, 0.25) is 0 Å². The van der Waals surface area contributed by atoms with E-state index < -0.39 is 0 Å². The van der Waals surface area contributed by atoms with E-state index in [-0.39, 0.29) is 0 Å². The highest BCUT2D eigenvalue weighted by molar-refractivity contribution is 4.95. The first-order valence-electron chi connectivity index (χ1n) is 1.82. The maximum atomic E-state index is 2.86. The summed E-state index contributed by atoms with van der Waals surface area (Å²) in [6.45, 7) is 0. The van der Waals surface area contributed by atoms with Gasteiger partial charge in [0.05, 0.1) is 0 Å². The molecule has 0 nitrogen and oxygen atoms in total. The summed E-state index contributed by atoms with van der Waals surface area (Å²) >= 11 is 0. The molecule has 0 saturated heterocycles. The molecule has 0 saturated carbocycles. The molecule has 0 aliphatic rings. The molecular formula is C6H4-. The first kappa shape index (κ1) is 3.41. The Bertz CT molecular complexity index is 72.0. The molecule has 0 spiro atoms. The maximum Gasteiger partial charge on any atom is -0.152 e. The zero-order valence-corrected chi connectivity index (χ0v) is 3.31. The molecular weight excluding hydrogens is 72.1 g/mol. The van der Waals surface area contributed by atoms with Gasteiger partial charge < -0.3 is 0 Å². The number of rotatable bonds is 0. The van der Waals surface area contributed by atoms with Gasteiger partial charge in [-0.1, -0.05) is 0 Å². The molecule has 1 rings (SSSR count). The molecule has 1 radical (unpaired) electrons. The summed E-state index contributed by atoms with van der Waals surface area (Å²) in [5.41, 5.74) is 0. The van der Waals surface area contributed by atoms with Crippen molar-refractivity contribution in [3.63, 3.8) is 0 Å². The first-order chi connectivity index (χ1) is 3.00. The van der Waals surface area contributed by atoms with Crippen molar-refractivity contribution in [1.29, 1.82) is 0 Å².